The second-order valence-electron chi connectivity index (χ2n) is 18.5. The molecule has 0 saturated heterocycles. The normalized spacial score (nSPS) is 12.4. The van der Waals surface area contributed by atoms with Crippen molar-refractivity contribution in [2.75, 3.05) is 13.2 Å². The van der Waals surface area contributed by atoms with Crippen molar-refractivity contribution >= 4 is 17.9 Å². The molecule has 0 N–H and O–H groups in total. The molecule has 6 heteroatoms. The zero-order chi connectivity index (χ0) is 46.5. The van der Waals surface area contributed by atoms with Crippen LogP contribution in [0.4, 0.5) is 0 Å². The Morgan fingerprint density at radius 3 is 0.984 bits per heavy atom. The Hall–Kier alpha value is -2.63. The third-order valence-corrected chi connectivity index (χ3v) is 12.1. The Bertz CT molecular complexity index is 1120. The molecule has 6 nitrogen and oxygen atoms in total. The van der Waals surface area contributed by atoms with Crippen LogP contribution in [0.3, 0.4) is 0 Å². The number of allylic oxidation sites excluding steroid dienone is 8. The molecule has 64 heavy (non-hydrogen) atoms. The highest BCUT2D eigenvalue weighted by Crippen LogP contribution is 2.16. The van der Waals surface area contributed by atoms with Crippen LogP contribution in [0.1, 0.15) is 284 Å². The van der Waals surface area contributed by atoms with Crippen LogP contribution in [-0.4, -0.2) is 37.2 Å². The summed E-state index contributed by atoms with van der Waals surface area (Å²) in [6.07, 6.45) is 63.8. The average Bonchev–Trinajstić information content (AvgIpc) is 3.29. The highest BCUT2D eigenvalue weighted by Gasteiger charge is 2.19. The van der Waals surface area contributed by atoms with Crippen LogP contribution in [-0.2, 0) is 28.6 Å². The van der Waals surface area contributed by atoms with Crippen LogP contribution >= 0.6 is 0 Å². The predicted molar refractivity (Wildman–Crippen MR) is 275 cm³/mol. The number of hydrogen-bond acceptors (Lipinski definition) is 6. The number of hydrogen-bond donors (Lipinski definition) is 0. The SMILES string of the molecule is CC\C=C/C=C\C=C/CCCCCCCC(=O)OCC(COC(=O)CCCCCCCCCCCCCCCCCCC)OC(=O)CCCCCCC/C=C\CCCCCCCCC. The summed E-state index contributed by atoms with van der Waals surface area (Å²) in [5.41, 5.74) is 0. The molecular weight excluding hydrogens is 793 g/mol. The lowest BCUT2D eigenvalue weighted by Crippen LogP contribution is -2.30. The van der Waals surface area contributed by atoms with Gasteiger partial charge in [0.15, 0.2) is 6.10 Å². The Morgan fingerprint density at radius 1 is 0.328 bits per heavy atom. The Balaban J connectivity index is 4.37. The van der Waals surface area contributed by atoms with Crippen molar-refractivity contribution in [2.24, 2.45) is 0 Å². The molecule has 0 spiro atoms. The topological polar surface area (TPSA) is 78.9 Å². The van der Waals surface area contributed by atoms with E-state index in [1.807, 2.05) is 0 Å². The van der Waals surface area contributed by atoms with Gasteiger partial charge < -0.3 is 14.2 Å². The quantitative estimate of drug-likeness (QED) is 0.0199. The van der Waals surface area contributed by atoms with E-state index in [2.05, 4.69) is 69.4 Å². The lowest BCUT2D eigenvalue weighted by atomic mass is 10.0. The maximum absolute atomic E-state index is 12.8. The molecule has 1 atom stereocenters. The van der Waals surface area contributed by atoms with Crippen LogP contribution in [0.2, 0.25) is 0 Å². The van der Waals surface area contributed by atoms with Crippen molar-refractivity contribution in [3.63, 3.8) is 0 Å². The second kappa shape index (κ2) is 53.0. The first-order valence-electron chi connectivity index (χ1n) is 27.7. The second-order valence-corrected chi connectivity index (χ2v) is 18.5. The van der Waals surface area contributed by atoms with Gasteiger partial charge in [-0.25, -0.2) is 0 Å². The van der Waals surface area contributed by atoms with E-state index >= 15 is 0 Å². The van der Waals surface area contributed by atoms with E-state index in [1.165, 1.54) is 148 Å². The highest BCUT2D eigenvalue weighted by atomic mass is 16.6. The minimum atomic E-state index is -0.783. The van der Waals surface area contributed by atoms with Crippen molar-refractivity contribution in [1.29, 1.82) is 0 Å². The van der Waals surface area contributed by atoms with E-state index in [4.69, 9.17) is 14.2 Å². The molecule has 0 aliphatic rings. The summed E-state index contributed by atoms with van der Waals surface area (Å²) in [6, 6.07) is 0. The first kappa shape index (κ1) is 61.4. The van der Waals surface area contributed by atoms with Gasteiger partial charge in [0.25, 0.3) is 0 Å². The maximum atomic E-state index is 12.8. The van der Waals surface area contributed by atoms with Crippen LogP contribution in [0.5, 0.6) is 0 Å². The standard InChI is InChI=1S/C58H104O6/c1-4-7-10-13-16-19-22-25-27-29-31-33-36-39-42-45-48-51-57(60)63-54-55(53-62-56(59)50-47-44-41-38-35-32-24-21-18-15-12-9-6-3)64-58(61)52-49-46-43-40-37-34-30-28-26-23-20-17-14-11-8-5-2/h9,12,15,18,21,24,28,30,55H,4-8,10-11,13-14,16-17,19-20,22-23,25-27,29,31-54H2,1-3H3/b12-9-,18-15-,24-21-,30-28-. The number of rotatable bonds is 50. The van der Waals surface area contributed by atoms with Gasteiger partial charge in [0.05, 0.1) is 0 Å². The van der Waals surface area contributed by atoms with Crippen molar-refractivity contribution in [2.45, 2.75) is 290 Å². The van der Waals surface area contributed by atoms with Gasteiger partial charge >= 0.3 is 17.9 Å². The number of carbonyl (C=O) groups excluding carboxylic acids is 3. The maximum Gasteiger partial charge on any atom is 0.306 e. The van der Waals surface area contributed by atoms with Crippen LogP contribution in [0, 0.1) is 0 Å². The fourth-order valence-corrected chi connectivity index (χ4v) is 7.97. The van der Waals surface area contributed by atoms with Crippen molar-refractivity contribution in [3.8, 4) is 0 Å². The summed E-state index contributed by atoms with van der Waals surface area (Å²) in [5.74, 6) is -0.898. The van der Waals surface area contributed by atoms with Gasteiger partial charge in [-0.15, -0.1) is 0 Å². The minimum Gasteiger partial charge on any atom is -0.462 e. The molecule has 0 saturated carbocycles. The first-order valence-corrected chi connectivity index (χ1v) is 27.7. The van der Waals surface area contributed by atoms with Crippen LogP contribution < -0.4 is 0 Å². The Morgan fingerprint density at radius 2 is 0.625 bits per heavy atom. The summed E-state index contributed by atoms with van der Waals surface area (Å²) in [5, 5.41) is 0. The third-order valence-electron chi connectivity index (χ3n) is 12.1. The number of unbranched alkanes of at least 4 members (excludes halogenated alkanes) is 33. The molecule has 0 radical (unpaired) electrons. The molecule has 0 aromatic rings. The van der Waals surface area contributed by atoms with Crippen molar-refractivity contribution in [1.82, 2.24) is 0 Å². The van der Waals surface area contributed by atoms with E-state index in [0.717, 1.165) is 96.3 Å². The van der Waals surface area contributed by atoms with Gasteiger partial charge in [-0.1, -0.05) is 249 Å². The zero-order valence-corrected chi connectivity index (χ0v) is 42.6. The van der Waals surface area contributed by atoms with Crippen molar-refractivity contribution < 1.29 is 28.6 Å². The van der Waals surface area contributed by atoms with E-state index in [0.29, 0.717) is 19.3 Å². The Kier molecular flexibility index (Phi) is 50.8. The van der Waals surface area contributed by atoms with Gasteiger partial charge in [0, 0.05) is 19.3 Å². The molecule has 0 aromatic carbocycles. The summed E-state index contributed by atoms with van der Waals surface area (Å²) in [4.78, 5) is 38.1. The first-order chi connectivity index (χ1) is 31.5. The molecule has 372 valence electrons. The van der Waals surface area contributed by atoms with Crippen LogP contribution in [0.15, 0.2) is 48.6 Å². The lowest BCUT2D eigenvalue weighted by Gasteiger charge is -2.18. The molecule has 0 fully saturated rings. The molecular formula is C58H104O6. The summed E-state index contributed by atoms with van der Waals surface area (Å²) in [7, 11) is 0. The van der Waals surface area contributed by atoms with E-state index in [9.17, 15) is 14.4 Å². The summed E-state index contributed by atoms with van der Waals surface area (Å²) in [6.45, 7) is 6.51. The monoisotopic (exact) mass is 897 g/mol. The van der Waals surface area contributed by atoms with Crippen molar-refractivity contribution in [3.05, 3.63) is 48.6 Å². The molecule has 0 aromatic heterocycles. The fourth-order valence-electron chi connectivity index (χ4n) is 7.97. The largest absolute Gasteiger partial charge is 0.462 e. The minimum absolute atomic E-state index is 0.0804. The number of ether oxygens (including phenoxy) is 3. The van der Waals surface area contributed by atoms with Gasteiger partial charge in [0.1, 0.15) is 13.2 Å². The summed E-state index contributed by atoms with van der Waals surface area (Å²) >= 11 is 0. The van der Waals surface area contributed by atoms with E-state index in [1.54, 1.807) is 0 Å². The third kappa shape index (κ3) is 50.4. The highest BCUT2D eigenvalue weighted by molar-refractivity contribution is 5.71. The van der Waals surface area contributed by atoms with Gasteiger partial charge in [-0.05, 0) is 64.2 Å². The molecule has 0 aliphatic carbocycles. The fraction of sp³-hybridized carbons (Fsp3) is 0.810. The van der Waals surface area contributed by atoms with Crippen LogP contribution in [0.25, 0.3) is 0 Å². The predicted octanol–water partition coefficient (Wildman–Crippen LogP) is 18.3. The molecule has 0 rings (SSSR count). The van der Waals surface area contributed by atoms with Gasteiger partial charge in [-0.2, -0.15) is 0 Å². The molecule has 0 bridgehead atoms. The zero-order valence-electron chi connectivity index (χ0n) is 42.6. The molecule has 1 unspecified atom stereocenters. The van der Waals surface area contributed by atoms with Gasteiger partial charge in [0.2, 0.25) is 0 Å². The smallest absolute Gasteiger partial charge is 0.306 e. The average molecular weight is 897 g/mol. The number of carbonyl (C=O) groups is 3. The van der Waals surface area contributed by atoms with E-state index < -0.39 is 6.10 Å². The molecule has 0 aliphatic heterocycles. The van der Waals surface area contributed by atoms with E-state index in [-0.39, 0.29) is 31.1 Å². The molecule has 0 heterocycles. The Labute approximate surface area is 397 Å². The van der Waals surface area contributed by atoms with Gasteiger partial charge in [-0.3, -0.25) is 14.4 Å². The molecule has 0 amide bonds. The summed E-state index contributed by atoms with van der Waals surface area (Å²) < 4.78 is 16.8. The number of esters is 3. The lowest BCUT2D eigenvalue weighted by molar-refractivity contribution is -0.167.